The molecule has 0 saturated carbocycles. The zero-order chi connectivity index (χ0) is 12.0. The maximum atomic E-state index is 5.63. The molecule has 0 aliphatic carbocycles. The molecule has 0 aromatic heterocycles. The first-order valence-electron chi connectivity index (χ1n) is 4.42. The molecule has 0 amide bonds. The fraction of sp³-hybridized carbons (Fsp3) is 0. The number of halogens is 4. The molecule has 0 aliphatic heterocycles. The molecule has 0 N–H and O–H groups in total. The second kappa shape index (κ2) is 11.7. The van der Waals surface area contributed by atoms with Gasteiger partial charge >= 0.3 is 0 Å². The Balaban J connectivity index is 0. The van der Waals surface area contributed by atoms with Crippen LogP contribution in [0.15, 0.2) is 48.5 Å². The number of benzene rings is 2. The summed E-state index contributed by atoms with van der Waals surface area (Å²) in [4.78, 5) is 0. The summed E-state index contributed by atoms with van der Waals surface area (Å²) >= 11 is 22.5. The van der Waals surface area contributed by atoms with Gasteiger partial charge in [0.15, 0.2) is 0 Å². The molecular formula is C12H8Cl4Ru2. The Hall–Kier alpha value is 0.847. The molecule has 0 unspecified atom stereocenters. The van der Waals surface area contributed by atoms with Crippen molar-refractivity contribution < 1.29 is 39.0 Å². The van der Waals surface area contributed by atoms with E-state index >= 15 is 0 Å². The Morgan fingerprint density at radius 2 is 0.722 bits per heavy atom. The summed E-state index contributed by atoms with van der Waals surface area (Å²) in [6, 6.07) is 15.2. The van der Waals surface area contributed by atoms with Gasteiger partial charge in [0, 0.05) is 39.0 Å². The van der Waals surface area contributed by atoms with E-state index in [1.807, 2.05) is 36.4 Å². The number of hydrogen-bond acceptors (Lipinski definition) is 0. The zero-order valence-corrected chi connectivity index (χ0v) is 15.3. The summed E-state index contributed by atoms with van der Waals surface area (Å²) in [5.41, 5.74) is 0. The van der Waals surface area contributed by atoms with Gasteiger partial charge in [-0.1, -0.05) is 82.8 Å². The standard InChI is InChI=1S/C6H2Cl4.C6H6.2Ru/c7-3-1-2-4(8)6(10)5(3)9;1-2-4-6-5-3-1;;/h1-2H;1-6H;;. The summed E-state index contributed by atoms with van der Waals surface area (Å²) in [6.45, 7) is 0. The molecule has 18 heavy (non-hydrogen) atoms. The van der Waals surface area contributed by atoms with Gasteiger partial charge in [0.05, 0.1) is 20.1 Å². The van der Waals surface area contributed by atoms with Gasteiger partial charge in [-0.15, -0.1) is 0 Å². The van der Waals surface area contributed by atoms with E-state index in [4.69, 9.17) is 46.4 Å². The average molecular weight is 496 g/mol. The molecule has 0 aliphatic rings. The van der Waals surface area contributed by atoms with Crippen LogP contribution in [0.25, 0.3) is 0 Å². The Kier molecular flexibility index (Phi) is 13.7. The van der Waals surface area contributed by atoms with Crippen molar-refractivity contribution in [2.45, 2.75) is 0 Å². The summed E-state index contributed by atoms with van der Waals surface area (Å²) in [6.07, 6.45) is 0. The fourth-order valence-electron chi connectivity index (χ4n) is 0.887. The first-order chi connectivity index (χ1) is 7.63. The molecule has 100 valence electrons. The number of hydrogen-bond donors (Lipinski definition) is 0. The average Bonchev–Trinajstić information content (AvgIpc) is 2.35. The van der Waals surface area contributed by atoms with Crippen molar-refractivity contribution in [1.82, 2.24) is 0 Å². The van der Waals surface area contributed by atoms with Crippen LogP contribution in [0.4, 0.5) is 0 Å². The van der Waals surface area contributed by atoms with Gasteiger partial charge in [-0.2, -0.15) is 0 Å². The third-order valence-electron chi connectivity index (χ3n) is 1.65. The SMILES string of the molecule is Clc1ccc(Cl)c(Cl)c1Cl.[Ru].[Ru].c1ccccc1. The fourth-order valence-corrected chi connectivity index (χ4v) is 1.63. The van der Waals surface area contributed by atoms with Crippen LogP contribution in [0.3, 0.4) is 0 Å². The molecular weight excluding hydrogens is 488 g/mol. The van der Waals surface area contributed by atoms with Crippen molar-refractivity contribution in [2.75, 3.05) is 0 Å². The Morgan fingerprint density at radius 3 is 0.944 bits per heavy atom. The molecule has 0 fully saturated rings. The molecule has 0 radical (unpaired) electrons. The van der Waals surface area contributed by atoms with Gasteiger partial charge in [0.1, 0.15) is 0 Å². The molecule has 0 bridgehead atoms. The molecule has 0 heterocycles. The van der Waals surface area contributed by atoms with Crippen LogP contribution in [0.1, 0.15) is 0 Å². The predicted molar refractivity (Wildman–Crippen MR) is 72.9 cm³/mol. The second-order valence-electron chi connectivity index (χ2n) is 2.81. The Labute approximate surface area is 152 Å². The normalized spacial score (nSPS) is 8.22. The van der Waals surface area contributed by atoms with E-state index in [1.165, 1.54) is 0 Å². The second-order valence-corrected chi connectivity index (χ2v) is 4.38. The van der Waals surface area contributed by atoms with Crippen LogP contribution in [0.5, 0.6) is 0 Å². The van der Waals surface area contributed by atoms with Gasteiger partial charge in [-0.05, 0) is 12.1 Å². The van der Waals surface area contributed by atoms with Gasteiger partial charge in [0.2, 0.25) is 0 Å². The molecule has 0 saturated heterocycles. The monoisotopic (exact) mass is 496 g/mol. The van der Waals surface area contributed by atoms with Crippen molar-refractivity contribution >= 4 is 46.4 Å². The maximum Gasteiger partial charge on any atom is 0.0793 e. The Morgan fingerprint density at radius 1 is 0.500 bits per heavy atom. The summed E-state index contributed by atoms with van der Waals surface area (Å²) in [5, 5.41) is 1.43. The Bertz CT molecular complexity index is 396. The van der Waals surface area contributed by atoms with E-state index in [-0.39, 0.29) is 39.0 Å². The van der Waals surface area contributed by atoms with E-state index in [0.29, 0.717) is 20.1 Å². The molecule has 6 heteroatoms. The van der Waals surface area contributed by atoms with Gasteiger partial charge in [0.25, 0.3) is 0 Å². The maximum absolute atomic E-state index is 5.63. The largest absolute Gasteiger partial charge is 0.0827 e. The van der Waals surface area contributed by atoms with Crippen molar-refractivity contribution in [3.05, 3.63) is 68.6 Å². The van der Waals surface area contributed by atoms with Gasteiger partial charge in [-0.3, -0.25) is 0 Å². The summed E-state index contributed by atoms with van der Waals surface area (Å²) in [7, 11) is 0. The van der Waals surface area contributed by atoms with E-state index in [2.05, 4.69) is 0 Å². The zero-order valence-electron chi connectivity index (χ0n) is 8.84. The van der Waals surface area contributed by atoms with Crippen LogP contribution in [0.2, 0.25) is 20.1 Å². The van der Waals surface area contributed by atoms with Gasteiger partial charge in [-0.25, -0.2) is 0 Å². The first-order valence-corrected chi connectivity index (χ1v) is 5.93. The minimum atomic E-state index is 0. The molecule has 0 atom stereocenters. The quantitative estimate of drug-likeness (QED) is 0.239. The van der Waals surface area contributed by atoms with Crippen molar-refractivity contribution in [3.8, 4) is 0 Å². The van der Waals surface area contributed by atoms with Crippen molar-refractivity contribution in [2.24, 2.45) is 0 Å². The first kappa shape index (κ1) is 21.2. The smallest absolute Gasteiger partial charge is 0.0793 e. The van der Waals surface area contributed by atoms with Crippen molar-refractivity contribution in [3.63, 3.8) is 0 Å². The molecule has 0 spiro atoms. The molecule has 2 rings (SSSR count). The van der Waals surface area contributed by atoms with E-state index in [1.54, 1.807) is 12.1 Å². The van der Waals surface area contributed by atoms with Crippen LogP contribution in [-0.4, -0.2) is 0 Å². The van der Waals surface area contributed by atoms with Crippen LogP contribution in [-0.2, 0) is 39.0 Å². The minimum absolute atomic E-state index is 0. The molecule has 2 aromatic carbocycles. The number of rotatable bonds is 0. The molecule has 2 aromatic rings. The van der Waals surface area contributed by atoms with E-state index in [0.717, 1.165) is 0 Å². The van der Waals surface area contributed by atoms with Crippen LogP contribution in [0, 0.1) is 0 Å². The van der Waals surface area contributed by atoms with E-state index < -0.39 is 0 Å². The predicted octanol–water partition coefficient (Wildman–Crippen LogP) is 5.98. The van der Waals surface area contributed by atoms with E-state index in [9.17, 15) is 0 Å². The van der Waals surface area contributed by atoms with Crippen molar-refractivity contribution in [1.29, 1.82) is 0 Å². The topological polar surface area (TPSA) is 0 Å². The third-order valence-corrected chi connectivity index (χ3v) is 3.36. The van der Waals surface area contributed by atoms with Gasteiger partial charge < -0.3 is 0 Å². The summed E-state index contributed by atoms with van der Waals surface area (Å²) in [5.74, 6) is 0. The molecule has 0 nitrogen and oxygen atoms in total. The van der Waals surface area contributed by atoms with Crippen LogP contribution >= 0.6 is 46.4 Å². The third kappa shape index (κ3) is 7.44. The minimum Gasteiger partial charge on any atom is -0.0827 e. The summed E-state index contributed by atoms with van der Waals surface area (Å²) < 4.78 is 0. The van der Waals surface area contributed by atoms with Crippen LogP contribution < -0.4 is 0 Å².